The lowest BCUT2D eigenvalue weighted by Gasteiger charge is -2.34. The van der Waals surface area contributed by atoms with Crippen molar-refractivity contribution < 1.29 is 26.6 Å². The van der Waals surface area contributed by atoms with Crippen molar-refractivity contribution in [1.29, 1.82) is 0 Å². The van der Waals surface area contributed by atoms with E-state index in [1.54, 1.807) is 0 Å². The van der Waals surface area contributed by atoms with Gasteiger partial charge >= 0.3 is 6.18 Å². The lowest BCUT2D eigenvalue weighted by molar-refractivity contribution is -0.137. The van der Waals surface area contributed by atoms with Crippen molar-refractivity contribution in [3.05, 3.63) is 29.8 Å². The summed E-state index contributed by atoms with van der Waals surface area (Å²) in [6.07, 6.45) is 1.01. The SMILES string of the molecule is O=C(NC1CCC(F)(S(=O)c2cccc(C(F)(F)F)c2)CC1)C1CCCCC1. The van der Waals surface area contributed by atoms with E-state index in [0.29, 0.717) is 12.8 Å². The molecule has 2 aliphatic carbocycles. The van der Waals surface area contributed by atoms with Crippen molar-refractivity contribution in [2.24, 2.45) is 5.92 Å². The summed E-state index contributed by atoms with van der Waals surface area (Å²) >= 11 is 0. The molecule has 0 bridgehead atoms. The van der Waals surface area contributed by atoms with Gasteiger partial charge in [0.15, 0.2) is 5.00 Å². The number of carbonyl (C=O) groups excluding carboxylic acids is 1. The quantitative estimate of drug-likeness (QED) is 0.689. The van der Waals surface area contributed by atoms with Crippen molar-refractivity contribution in [3.63, 3.8) is 0 Å². The maximum Gasteiger partial charge on any atom is 0.416 e. The van der Waals surface area contributed by atoms with Crippen LogP contribution in [0.5, 0.6) is 0 Å². The van der Waals surface area contributed by atoms with Crippen LogP contribution in [-0.4, -0.2) is 21.2 Å². The molecular weight excluding hydrogens is 394 g/mol. The molecule has 28 heavy (non-hydrogen) atoms. The average Bonchev–Trinajstić information content (AvgIpc) is 2.69. The zero-order valence-corrected chi connectivity index (χ0v) is 16.4. The fraction of sp³-hybridized carbons (Fsp3) is 0.650. The molecular formula is C20H25F4NO2S. The molecule has 2 aliphatic rings. The van der Waals surface area contributed by atoms with Gasteiger partial charge in [0.05, 0.1) is 16.4 Å². The van der Waals surface area contributed by atoms with Gasteiger partial charge in [-0.2, -0.15) is 13.2 Å². The number of amides is 1. The molecule has 3 nitrogen and oxygen atoms in total. The highest BCUT2D eigenvalue weighted by Crippen LogP contribution is 2.39. The molecule has 0 spiro atoms. The van der Waals surface area contributed by atoms with Gasteiger partial charge in [0, 0.05) is 16.9 Å². The van der Waals surface area contributed by atoms with Crippen LogP contribution in [0.3, 0.4) is 0 Å². The number of carbonyl (C=O) groups is 1. The van der Waals surface area contributed by atoms with Crippen LogP contribution < -0.4 is 5.32 Å². The van der Waals surface area contributed by atoms with Gasteiger partial charge in [0.25, 0.3) is 0 Å². The fourth-order valence-electron chi connectivity index (χ4n) is 4.06. The first kappa shape index (κ1) is 21.3. The van der Waals surface area contributed by atoms with Crippen molar-refractivity contribution in [3.8, 4) is 0 Å². The van der Waals surface area contributed by atoms with Crippen LogP contribution in [-0.2, 0) is 21.8 Å². The first-order valence-corrected chi connectivity index (χ1v) is 10.9. The lowest BCUT2D eigenvalue weighted by Crippen LogP contribution is -2.45. The Morgan fingerprint density at radius 1 is 1.07 bits per heavy atom. The summed E-state index contributed by atoms with van der Waals surface area (Å²) in [5.74, 6) is 0.0279. The second-order valence-corrected chi connectivity index (χ2v) is 9.54. The Morgan fingerprint density at radius 2 is 1.71 bits per heavy atom. The maximum absolute atomic E-state index is 15.3. The molecule has 1 aromatic rings. The summed E-state index contributed by atoms with van der Waals surface area (Å²) in [5.41, 5.74) is -0.935. The summed E-state index contributed by atoms with van der Waals surface area (Å²) in [4.78, 5) is 12.2. The zero-order valence-electron chi connectivity index (χ0n) is 15.6. The molecule has 1 amide bonds. The van der Waals surface area contributed by atoms with E-state index in [-0.39, 0.29) is 35.6 Å². The Bertz CT molecular complexity index is 723. The molecule has 3 rings (SSSR count). The van der Waals surface area contributed by atoms with Crippen molar-refractivity contribution >= 4 is 16.7 Å². The highest BCUT2D eigenvalue weighted by Gasteiger charge is 2.43. The van der Waals surface area contributed by atoms with Gasteiger partial charge in [0.1, 0.15) is 0 Å². The van der Waals surface area contributed by atoms with E-state index in [4.69, 9.17) is 0 Å². The van der Waals surface area contributed by atoms with Crippen molar-refractivity contribution in [2.75, 3.05) is 0 Å². The van der Waals surface area contributed by atoms with Crippen LogP contribution in [0.4, 0.5) is 17.6 Å². The number of hydrogen-bond donors (Lipinski definition) is 1. The second kappa shape index (κ2) is 8.51. The van der Waals surface area contributed by atoms with Crippen molar-refractivity contribution in [1.82, 2.24) is 5.32 Å². The molecule has 2 saturated carbocycles. The first-order chi connectivity index (χ1) is 13.2. The lowest BCUT2D eigenvalue weighted by atomic mass is 9.87. The third-order valence-corrected chi connectivity index (χ3v) is 7.52. The number of halogens is 4. The molecule has 0 aromatic heterocycles. The van der Waals surface area contributed by atoms with Gasteiger partial charge in [-0.3, -0.25) is 9.00 Å². The van der Waals surface area contributed by atoms with E-state index in [2.05, 4.69) is 5.32 Å². The fourth-order valence-corrected chi connectivity index (χ4v) is 5.53. The van der Waals surface area contributed by atoms with E-state index in [1.807, 2.05) is 0 Å². The molecule has 0 radical (unpaired) electrons. The minimum atomic E-state index is -4.56. The second-order valence-electron chi connectivity index (χ2n) is 7.80. The highest BCUT2D eigenvalue weighted by atomic mass is 32.2. The summed E-state index contributed by atoms with van der Waals surface area (Å²) in [6, 6.07) is 3.88. The standard InChI is InChI=1S/C20H25F4NO2S/c21-19(28(27)17-8-4-7-15(13-17)20(22,23)24)11-9-16(10-12-19)25-18(26)14-5-2-1-3-6-14/h4,7-8,13-14,16H,1-3,5-6,9-12H2,(H,25,26). The molecule has 0 saturated heterocycles. The highest BCUT2D eigenvalue weighted by molar-refractivity contribution is 7.86. The molecule has 1 aromatic carbocycles. The molecule has 2 fully saturated rings. The summed E-state index contributed by atoms with van der Waals surface area (Å²) < 4.78 is 66.5. The van der Waals surface area contributed by atoms with Crippen LogP contribution in [0.15, 0.2) is 29.2 Å². The Labute approximate surface area is 164 Å². The predicted octanol–water partition coefficient (Wildman–Crippen LogP) is 5.12. The van der Waals surface area contributed by atoms with Gasteiger partial charge in [-0.05, 0) is 56.7 Å². The third-order valence-electron chi connectivity index (χ3n) is 5.76. The van der Waals surface area contributed by atoms with Crippen LogP contribution in [0.1, 0.15) is 63.4 Å². The summed E-state index contributed by atoms with van der Waals surface area (Å²) in [7, 11) is -2.19. The van der Waals surface area contributed by atoms with Gasteiger partial charge in [-0.25, -0.2) is 4.39 Å². The van der Waals surface area contributed by atoms with E-state index in [9.17, 15) is 22.2 Å². The van der Waals surface area contributed by atoms with E-state index in [1.165, 1.54) is 6.07 Å². The number of benzene rings is 1. The molecule has 0 aliphatic heterocycles. The molecule has 1 atom stereocenters. The maximum atomic E-state index is 15.3. The molecule has 0 heterocycles. The number of alkyl halides is 4. The largest absolute Gasteiger partial charge is 0.416 e. The Morgan fingerprint density at radius 3 is 2.32 bits per heavy atom. The molecule has 156 valence electrons. The summed E-state index contributed by atoms with van der Waals surface area (Å²) in [6.45, 7) is 0. The monoisotopic (exact) mass is 419 g/mol. The average molecular weight is 419 g/mol. The minimum Gasteiger partial charge on any atom is -0.353 e. The third kappa shape index (κ3) is 4.93. The van der Waals surface area contributed by atoms with Gasteiger partial charge in [-0.1, -0.05) is 25.3 Å². The van der Waals surface area contributed by atoms with Gasteiger partial charge in [-0.15, -0.1) is 0 Å². The number of nitrogens with one attached hydrogen (secondary N) is 1. The normalized spacial score (nSPS) is 27.9. The van der Waals surface area contributed by atoms with Crippen LogP contribution in [0, 0.1) is 5.92 Å². The van der Waals surface area contributed by atoms with Crippen LogP contribution in [0.2, 0.25) is 0 Å². The Balaban J connectivity index is 1.59. The van der Waals surface area contributed by atoms with Gasteiger partial charge < -0.3 is 5.32 Å². The Hall–Kier alpha value is -1.44. The molecule has 1 unspecified atom stereocenters. The zero-order chi connectivity index (χ0) is 20.4. The summed E-state index contributed by atoms with van der Waals surface area (Å²) in [5, 5.41) is 0.908. The number of hydrogen-bond acceptors (Lipinski definition) is 2. The smallest absolute Gasteiger partial charge is 0.353 e. The molecule has 8 heteroatoms. The van der Waals surface area contributed by atoms with Crippen molar-refractivity contribution in [2.45, 2.75) is 79.9 Å². The topological polar surface area (TPSA) is 46.2 Å². The van der Waals surface area contributed by atoms with E-state index >= 15 is 4.39 Å². The Kier molecular flexibility index (Phi) is 6.47. The van der Waals surface area contributed by atoms with E-state index in [0.717, 1.165) is 50.3 Å². The van der Waals surface area contributed by atoms with E-state index < -0.39 is 27.5 Å². The van der Waals surface area contributed by atoms with Crippen LogP contribution >= 0.6 is 0 Å². The molecule has 1 N–H and O–H groups in total. The predicted molar refractivity (Wildman–Crippen MR) is 98.7 cm³/mol. The minimum absolute atomic E-state index is 0.00931. The number of rotatable bonds is 4. The first-order valence-electron chi connectivity index (χ1n) is 9.77. The van der Waals surface area contributed by atoms with Gasteiger partial charge in [0.2, 0.25) is 5.91 Å². The van der Waals surface area contributed by atoms with Crippen LogP contribution in [0.25, 0.3) is 0 Å².